The van der Waals surface area contributed by atoms with E-state index in [1.807, 2.05) is 54.6 Å². The molecule has 2 aromatic carbocycles. The summed E-state index contributed by atoms with van der Waals surface area (Å²) in [7, 11) is 0. The van der Waals surface area contributed by atoms with Crippen LogP contribution in [0.25, 0.3) is 0 Å². The van der Waals surface area contributed by atoms with Crippen LogP contribution in [-0.4, -0.2) is 29.4 Å². The third kappa shape index (κ3) is 4.31. The number of halogens is 2. The molecule has 1 saturated heterocycles. The molecule has 1 aliphatic heterocycles. The maximum Gasteiger partial charge on any atom is 0.232 e. The minimum Gasteiger partial charge on any atom is -0.369 e. The van der Waals surface area contributed by atoms with Gasteiger partial charge in [0.2, 0.25) is 5.91 Å². The molecule has 0 aliphatic carbocycles. The molecule has 1 heterocycles. The summed E-state index contributed by atoms with van der Waals surface area (Å²) in [6.45, 7) is 6.44. The molecule has 27 heavy (non-hydrogen) atoms. The number of hydrogen-bond donors (Lipinski definition) is 1. The average Bonchev–Trinajstić information content (AvgIpc) is 2.96. The first-order valence-corrected chi connectivity index (χ1v) is 9.60. The summed E-state index contributed by atoms with van der Waals surface area (Å²) in [6.07, 6.45) is 3.03. The molecule has 1 atom stereocenters. The Morgan fingerprint density at radius 3 is 2.22 bits per heavy atom. The van der Waals surface area contributed by atoms with Gasteiger partial charge in [-0.15, -0.1) is 12.4 Å². The van der Waals surface area contributed by atoms with E-state index in [0.29, 0.717) is 11.4 Å². The first kappa shape index (κ1) is 21.7. The van der Waals surface area contributed by atoms with Gasteiger partial charge in [-0.1, -0.05) is 54.1 Å². The minimum absolute atomic E-state index is 0. The molecule has 2 aromatic rings. The molecule has 5 heteroatoms. The fraction of sp³-hybridized carbons (Fsp3) is 0.409. The number of nitrogens with zero attached hydrogens (tertiary/aromatic N) is 1. The molecule has 1 unspecified atom stereocenters. The Bertz CT molecular complexity index is 762. The summed E-state index contributed by atoms with van der Waals surface area (Å²) < 4.78 is 0. The van der Waals surface area contributed by atoms with Crippen molar-refractivity contribution in [2.75, 3.05) is 13.1 Å². The van der Waals surface area contributed by atoms with Gasteiger partial charge in [-0.25, -0.2) is 0 Å². The van der Waals surface area contributed by atoms with Gasteiger partial charge in [-0.2, -0.15) is 0 Å². The van der Waals surface area contributed by atoms with Crippen molar-refractivity contribution in [2.24, 2.45) is 5.73 Å². The second-order valence-electron chi connectivity index (χ2n) is 7.80. The number of amides is 1. The summed E-state index contributed by atoms with van der Waals surface area (Å²) in [4.78, 5) is 15.3. The van der Waals surface area contributed by atoms with E-state index >= 15 is 0 Å². The quantitative estimate of drug-likeness (QED) is 0.748. The van der Waals surface area contributed by atoms with Gasteiger partial charge in [0.1, 0.15) is 0 Å². The van der Waals surface area contributed by atoms with Crippen LogP contribution in [0.3, 0.4) is 0 Å². The Kier molecular flexibility index (Phi) is 6.96. The van der Waals surface area contributed by atoms with Gasteiger partial charge >= 0.3 is 0 Å². The van der Waals surface area contributed by atoms with Crippen LogP contribution in [0.1, 0.15) is 44.2 Å². The molecular weight excluding hydrogens is 379 g/mol. The molecule has 1 aliphatic rings. The standard InChI is InChI=1S/C22H27ClN2O.ClH/c1-21(2)13-6-15-25(21)16-14-22(20(24)26,17-7-4-3-5-8-17)18-9-11-19(23)12-10-18;/h3-5,7-12H,6,13-16H2,1-2H3,(H2,24,26);1H. The highest BCUT2D eigenvalue weighted by Gasteiger charge is 2.42. The Hall–Kier alpha value is -1.55. The Morgan fingerprint density at radius 2 is 1.70 bits per heavy atom. The van der Waals surface area contributed by atoms with Gasteiger partial charge in [-0.3, -0.25) is 9.69 Å². The predicted molar refractivity (Wildman–Crippen MR) is 115 cm³/mol. The molecule has 0 saturated carbocycles. The highest BCUT2D eigenvalue weighted by atomic mass is 35.5. The van der Waals surface area contributed by atoms with E-state index in [4.69, 9.17) is 17.3 Å². The van der Waals surface area contributed by atoms with E-state index in [9.17, 15) is 4.79 Å². The van der Waals surface area contributed by atoms with Gasteiger partial charge in [-0.05, 0) is 62.9 Å². The van der Waals surface area contributed by atoms with Crippen LogP contribution in [0.2, 0.25) is 5.02 Å². The molecule has 2 N–H and O–H groups in total. The molecule has 3 rings (SSSR count). The molecule has 0 radical (unpaired) electrons. The van der Waals surface area contributed by atoms with Crippen LogP contribution >= 0.6 is 24.0 Å². The topological polar surface area (TPSA) is 46.3 Å². The normalized spacial score (nSPS) is 18.5. The average molecular weight is 407 g/mol. The first-order chi connectivity index (χ1) is 12.4. The monoisotopic (exact) mass is 406 g/mol. The van der Waals surface area contributed by atoms with Crippen molar-refractivity contribution >= 4 is 29.9 Å². The zero-order valence-electron chi connectivity index (χ0n) is 16.0. The van der Waals surface area contributed by atoms with Crippen LogP contribution in [0.4, 0.5) is 0 Å². The van der Waals surface area contributed by atoms with Crippen LogP contribution in [0, 0.1) is 0 Å². The molecule has 1 fully saturated rings. The maximum atomic E-state index is 12.8. The highest BCUT2D eigenvalue weighted by molar-refractivity contribution is 6.30. The molecule has 0 aromatic heterocycles. The second-order valence-corrected chi connectivity index (χ2v) is 8.23. The summed E-state index contributed by atoms with van der Waals surface area (Å²) in [5.41, 5.74) is 7.18. The molecular formula is C22H28Cl2N2O. The van der Waals surface area contributed by atoms with Crippen molar-refractivity contribution in [3.63, 3.8) is 0 Å². The highest BCUT2D eigenvalue weighted by Crippen LogP contribution is 2.38. The molecule has 0 bridgehead atoms. The van der Waals surface area contributed by atoms with Crippen molar-refractivity contribution in [1.29, 1.82) is 0 Å². The first-order valence-electron chi connectivity index (χ1n) is 9.23. The van der Waals surface area contributed by atoms with Gasteiger partial charge in [0.15, 0.2) is 0 Å². The summed E-state index contributed by atoms with van der Waals surface area (Å²) in [6, 6.07) is 17.4. The lowest BCUT2D eigenvalue weighted by Crippen LogP contribution is -2.47. The van der Waals surface area contributed by atoms with Crippen molar-refractivity contribution in [3.8, 4) is 0 Å². The van der Waals surface area contributed by atoms with E-state index in [2.05, 4.69) is 18.7 Å². The van der Waals surface area contributed by atoms with Crippen molar-refractivity contribution in [2.45, 2.75) is 44.1 Å². The lowest BCUT2D eigenvalue weighted by Gasteiger charge is -2.37. The SMILES string of the molecule is CC1(C)CCCN1CCC(C(N)=O)(c1ccccc1)c1ccc(Cl)cc1.Cl. The van der Waals surface area contributed by atoms with E-state index in [1.54, 1.807) is 0 Å². The van der Waals surface area contributed by atoms with Crippen LogP contribution in [-0.2, 0) is 10.2 Å². The Balaban J connectivity index is 0.00000261. The number of benzene rings is 2. The zero-order valence-corrected chi connectivity index (χ0v) is 17.5. The number of nitrogens with two attached hydrogens (primary N) is 1. The third-order valence-electron chi connectivity index (χ3n) is 5.85. The van der Waals surface area contributed by atoms with E-state index in [0.717, 1.165) is 24.2 Å². The van der Waals surface area contributed by atoms with Crippen LogP contribution < -0.4 is 5.73 Å². The lowest BCUT2D eigenvalue weighted by atomic mass is 9.71. The van der Waals surface area contributed by atoms with E-state index < -0.39 is 5.41 Å². The summed E-state index contributed by atoms with van der Waals surface area (Å²) >= 11 is 6.08. The van der Waals surface area contributed by atoms with Gasteiger partial charge in [0.05, 0.1) is 5.41 Å². The van der Waals surface area contributed by atoms with E-state index in [1.165, 1.54) is 12.8 Å². The fourth-order valence-corrected chi connectivity index (χ4v) is 4.33. The van der Waals surface area contributed by atoms with E-state index in [-0.39, 0.29) is 23.9 Å². The number of primary amides is 1. The smallest absolute Gasteiger partial charge is 0.232 e. The lowest BCUT2D eigenvalue weighted by molar-refractivity contribution is -0.122. The van der Waals surface area contributed by atoms with Crippen LogP contribution in [0.5, 0.6) is 0 Å². The molecule has 0 spiro atoms. The number of likely N-dealkylation sites (tertiary alicyclic amines) is 1. The fourth-order valence-electron chi connectivity index (χ4n) is 4.20. The molecule has 146 valence electrons. The third-order valence-corrected chi connectivity index (χ3v) is 6.11. The largest absolute Gasteiger partial charge is 0.369 e. The molecule has 1 amide bonds. The number of hydrogen-bond acceptors (Lipinski definition) is 2. The molecule has 3 nitrogen and oxygen atoms in total. The van der Waals surface area contributed by atoms with Crippen LogP contribution in [0.15, 0.2) is 54.6 Å². The number of carbonyl (C=O) groups excluding carboxylic acids is 1. The predicted octanol–water partition coefficient (Wildman–Crippen LogP) is 4.80. The van der Waals surface area contributed by atoms with Crippen molar-refractivity contribution in [3.05, 3.63) is 70.7 Å². The van der Waals surface area contributed by atoms with Gasteiger partial charge < -0.3 is 5.73 Å². The van der Waals surface area contributed by atoms with Gasteiger partial charge in [0, 0.05) is 17.1 Å². The number of carbonyl (C=O) groups is 1. The zero-order chi connectivity index (χ0) is 18.8. The van der Waals surface area contributed by atoms with Gasteiger partial charge in [0.25, 0.3) is 0 Å². The Labute approximate surface area is 173 Å². The maximum absolute atomic E-state index is 12.8. The summed E-state index contributed by atoms with van der Waals surface area (Å²) in [5.74, 6) is -0.317. The minimum atomic E-state index is -0.857. The van der Waals surface area contributed by atoms with Crippen molar-refractivity contribution in [1.82, 2.24) is 4.90 Å². The number of rotatable bonds is 6. The summed E-state index contributed by atoms with van der Waals surface area (Å²) in [5, 5.41) is 0.654. The second kappa shape index (κ2) is 8.64. The Morgan fingerprint density at radius 1 is 1.11 bits per heavy atom. The van der Waals surface area contributed by atoms with Crippen molar-refractivity contribution < 1.29 is 4.79 Å².